The molecule has 3 heteroatoms. The first-order valence-corrected chi connectivity index (χ1v) is 9.24. The van der Waals surface area contributed by atoms with Gasteiger partial charge in [-0.3, -0.25) is 4.79 Å². The van der Waals surface area contributed by atoms with Gasteiger partial charge in [0, 0.05) is 12.3 Å². The van der Waals surface area contributed by atoms with Gasteiger partial charge >= 0.3 is 0 Å². The number of hydrogen-bond donors (Lipinski definition) is 1. The fourth-order valence-corrected chi connectivity index (χ4v) is 4.69. The molecule has 1 N–H and O–H groups in total. The fraction of sp³-hybridized carbons (Fsp3) is 0.261. The lowest BCUT2D eigenvalue weighted by molar-refractivity contribution is -0.121. The summed E-state index contributed by atoms with van der Waals surface area (Å²) >= 11 is 0. The van der Waals surface area contributed by atoms with Crippen LogP contribution in [0.1, 0.15) is 36.3 Å². The van der Waals surface area contributed by atoms with Crippen molar-refractivity contribution in [2.75, 3.05) is 0 Å². The van der Waals surface area contributed by atoms with E-state index in [4.69, 9.17) is 4.74 Å². The van der Waals surface area contributed by atoms with E-state index in [2.05, 4.69) is 48.5 Å². The molecule has 0 amide bonds. The van der Waals surface area contributed by atoms with E-state index >= 15 is 0 Å². The highest BCUT2D eigenvalue weighted by Gasteiger charge is 2.34. The van der Waals surface area contributed by atoms with Crippen LogP contribution < -0.4 is 0 Å². The van der Waals surface area contributed by atoms with E-state index in [9.17, 15) is 9.90 Å². The van der Waals surface area contributed by atoms with E-state index in [-0.39, 0.29) is 23.8 Å². The number of hydrogen-bond acceptors (Lipinski definition) is 3. The number of rotatable bonds is 1. The number of ketones is 1. The lowest BCUT2D eigenvalue weighted by Crippen LogP contribution is -2.30. The molecule has 0 saturated heterocycles. The van der Waals surface area contributed by atoms with E-state index in [0.717, 1.165) is 19.3 Å². The molecule has 0 radical (unpaired) electrons. The topological polar surface area (TPSA) is 46.5 Å². The average molecular weight is 344 g/mol. The second kappa shape index (κ2) is 5.87. The lowest BCUT2D eigenvalue weighted by atomic mass is 9.75. The van der Waals surface area contributed by atoms with Crippen molar-refractivity contribution in [2.45, 2.75) is 37.7 Å². The lowest BCUT2D eigenvalue weighted by Gasteiger charge is -2.34. The van der Waals surface area contributed by atoms with Crippen molar-refractivity contribution in [3.63, 3.8) is 0 Å². The van der Waals surface area contributed by atoms with E-state index < -0.39 is 0 Å². The van der Waals surface area contributed by atoms with Crippen molar-refractivity contribution < 1.29 is 14.6 Å². The Labute approximate surface area is 151 Å². The van der Waals surface area contributed by atoms with Gasteiger partial charge in [-0.05, 0) is 51.9 Å². The third-order valence-electron chi connectivity index (χ3n) is 5.80. The second-order valence-corrected chi connectivity index (χ2v) is 7.33. The summed E-state index contributed by atoms with van der Waals surface area (Å²) in [6.45, 7) is 0. The molecular weight excluding hydrogens is 324 g/mol. The van der Waals surface area contributed by atoms with Crippen molar-refractivity contribution in [3.05, 3.63) is 71.7 Å². The first-order chi connectivity index (χ1) is 12.7. The maximum Gasteiger partial charge on any atom is 0.280 e. The molecule has 3 nitrogen and oxygen atoms in total. The summed E-state index contributed by atoms with van der Waals surface area (Å²) in [7, 11) is 0. The zero-order valence-corrected chi connectivity index (χ0v) is 14.4. The molecule has 1 aliphatic carbocycles. The molecule has 3 aromatic rings. The first-order valence-electron chi connectivity index (χ1n) is 9.24. The molecule has 26 heavy (non-hydrogen) atoms. The van der Waals surface area contributed by atoms with E-state index in [0.29, 0.717) is 6.42 Å². The second-order valence-electron chi connectivity index (χ2n) is 7.33. The predicted octanol–water partition coefficient (Wildman–Crippen LogP) is 5.17. The molecule has 0 bridgehead atoms. The quantitative estimate of drug-likeness (QED) is 0.620. The van der Waals surface area contributed by atoms with Crippen LogP contribution in [0, 0.1) is 0 Å². The Bertz CT molecular complexity index is 1060. The number of aliphatic hydroxyl groups excluding tert-OH is 1. The Morgan fingerprint density at radius 1 is 0.962 bits per heavy atom. The number of aryl methyl sites for hydroxylation is 1. The Hall–Kier alpha value is -2.81. The highest BCUT2D eigenvalue weighted by atomic mass is 16.6. The van der Waals surface area contributed by atoms with Gasteiger partial charge in [0.1, 0.15) is 6.10 Å². The number of carbonyl (C=O) groups excluding carboxylic acids is 1. The first kappa shape index (κ1) is 15.4. The SMILES string of the molecule is O=C1C=C(O)OC(C2CCCc3ccc4c(ccc5ccccc54)c32)C1. The third kappa shape index (κ3) is 2.38. The number of benzene rings is 3. The Kier molecular flexibility index (Phi) is 3.49. The number of carbonyl (C=O) groups is 1. The van der Waals surface area contributed by atoms with Gasteiger partial charge in [0.15, 0.2) is 5.78 Å². The minimum absolute atomic E-state index is 0.0587. The van der Waals surface area contributed by atoms with E-state index in [1.54, 1.807) is 0 Å². The summed E-state index contributed by atoms with van der Waals surface area (Å²) in [4.78, 5) is 12.0. The number of aliphatic hydroxyl groups is 1. The third-order valence-corrected chi connectivity index (χ3v) is 5.80. The molecule has 1 aliphatic heterocycles. The monoisotopic (exact) mass is 344 g/mol. The van der Waals surface area contributed by atoms with E-state index in [1.807, 2.05) is 0 Å². The molecule has 5 rings (SSSR count). The van der Waals surface area contributed by atoms with Crippen LogP contribution in [-0.4, -0.2) is 17.0 Å². The molecule has 2 atom stereocenters. The van der Waals surface area contributed by atoms with Gasteiger partial charge in [-0.15, -0.1) is 0 Å². The average Bonchev–Trinajstić information content (AvgIpc) is 2.66. The van der Waals surface area contributed by atoms with Gasteiger partial charge in [-0.1, -0.05) is 48.5 Å². The standard InChI is InChI=1S/C23H20O3/c24-16-12-21(26-22(25)13-16)20-7-3-5-15-9-10-18-17-6-2-1-4-14(17)8-11-19(18)23(15)20/h1-2,4,6,8-11,13,20-21,25H,3,5,7,12H2. The Balaban J connectivity index is 1.71. The highest BCUT2D eigenvalue weighted by molar-refractivity contribution is 6.09. The molecule has 0 saturated carbocycles. The van der Waals surface area contributed by atoms with Gasteiger partial charge in [0.25, 0.3) is 5.95 Å². The summed E-state index contributed by atoms with van der Waals surface area (Å²) in [5.41, 5.74) is 2.64. The minimum atomic E-state index is -0.288. The maximum absolute atomic E-state index is 12.0. The van der Waals surface area contributed by atoms with Gasteiger partial charge in [0.05, 0.1) is 6.08 Å². The van der Waals surface area contributed by atoms with Gasteiger partial charge in [-0.2, -0.15) is 0 Å². The fourth-order valence-electron chi connectivity index (χ4n) is 4.69. The van der Waals surface area contributed by atoms with Crippen molar-refractivity contribution in [1.82, 2.24) is 0 Å². The van der Waals surface area contributed by atoms with Crippen molar-refractivity contribution in [2.24, 2.45) is 0 Å². The normalized spacial score (nSPS) is 22.8. The molecule has 3 aromatic carbocycles. The van der Waals surface area contributed by atoms with Crippen molar-refractivity contribution in [3.8, 4) is 0 Å². The summed E-state index contributed by atoms with van der Waals surface area (Å²) in [6, 6.07) is 17.3. The van der Waals surface area contributed by atoms with Crippen molar-refractivity contribution >= 4 is 27.3 Å². The molecule has 0 fully saturated rings. The molecule has 0 aromatic heterocycles. The zero-order chi connectivity index (χ0) is 17.7. The van der Waals surface area contributed by atoms with Crippen LogP contribution in [0.4, 0.5) is 0 Å². The summed E-state index contributed by atoms with van der Waals surface area (Å²) in [5.74, 6) is -0.177. The number of fused-ring (bicyclic) bond motifs is 5. The molecule has 2 aliphatic rings. The molecule has 130 valence electrons. The Morgan fingerprint density at radius 3 is 2.69 bits per heavy atom. The van der Waals surface area contributed by atoms with Crippen LogP contribution in [-0.2, 0) is 16.0 Å². The minimum Gasteiger partial charge on any atom is -0.481 e. The van der Waals surface area contributed by atoms with Crippen LogP contribution >= 0.6 is 0 Å². The zero-order valence-electron chi connectivity index (χ0n) is 14.4. The summed E-state index contributed by atoms with van der Waals surface area (Å²) in [5, 5.41) is 14.8. The van der Waals surface area contributed by atoms with Crippen LogP contribution in [0.5, 0.6) is 0 Å². The van der Waals surface area contributed by atoms with E-state index in [1.165, 1.54) is 38.7 Å². The molecule has 0 spiro atoms. The largest absolute Gasteiger partial charge is 0.481 e. The smallest absolute Gasteiger partial charge is 0.280 e. The summed E-state index contributed by atoms with van der Waals surface area (Å²) in [6.07, 6.45) is 4.34. The van der Waals surface area contributed by atoms with Gasteiger partial charge < -0.3 is 9.84 Å². The maximum atomic E-state index is 12.0. The predicted molar refractivity (Wildman–Crippen MR) is 102 cm³/mol. The highest BCUT2D eigenvalue weighted by Crippen LogP contribution is 2.43. The molecule has 1 heterocycles. The van der Waals surface area contributed by atoms with Gasteiger partial charge in [0.2, 0.25) is 0 Å². The summed E-state index contributed by atoms with van der Waals surface area (Å²) < 4.78 is 5.69. The van der Waals surface area contributed by atoms with Gasteiger partial charge in [-0.25, -0.2) is 0 Å². The number of allylic oxidation sites excluding steroid dienone is 1. The number of ether oxygens (including phenoxy) is 1. The van der Waals surface area contributed by atoms with Crippen molar-refractivity contribution in [1.29, 1.82) is 0 Å². The molecular formula is C23H20O3. The van der Waals surface area contributed by atoms with Crippen LogP contribution in [0.3, 0.4) is 0 Å². The Morgan fingerprint density at radius 2 is 1.81 bits per heavy atom. The molecule has 2 unspecified atom stereocenters. The van der Waals surface area contributed by atoms with Crippen LogP contribution in [0.2, 0.25) is 0 Å². The van der Waals surface area contributed by atoms with Crippen LogP contribution in [0.15, 0.2) is 60.6 Å². The van der Waals surface area contributed by atoms with Crippen LogP contribution in [0.25, 0.3) is 21.5 Å².